The van der Waals surface area contributed by atoms with Crippen LogP contribution in [0.4, 0.5) is 0 Å². The lowest BCUT2D eigenvalue weighted by Crippen LogP contribution is -2.60. The fourth-order valence-electron chi connectivity index (χ4n) is 3.68. The Bertz CT molecular complexity index is 646. The van der Waals surface area contributed by atoms with Gasteiger partial charge in [-0.25, -0.2) is 0 Å². The van der Waals surface area contributed by atoms with Gasteiger partial charge < -0.3 is 19.9 Å². The minimum Gasteiger partial charge on any atom is -0.463 e. The Morgan fingerprint density at radius 3 is 2.10 bits per heavy atom. The summed E-state index contributed by atoms with van der Waals surface area (Å²) >= 11 is 0. The number of unbranched alkanes of at least 4 members (excludes halogenated alkanes) is 5. The first kappa shape index (κ1) is 27.1. The summed E-state index contributed by atoms with van der Waals surface area (Å²) in [5, 5.41) is 13.4. The van der Waals surface area contributed by atoms with Crippen LogP contribution in [0.3, 0.4) is 0 Å². The molecule has 0 saturated carbocycles. The Kier molecular flexibility index (Phi) is 13.1. The van der Waals surface area contributed by atoms with E-state index in [9.17, 15) is 14.7 Å². The average molecular weight is 436 g/mol. The maximum atomic E-state index is 11.8. The molecule has 1 aromatic rings. The number of benzene rings is 1. The van der Waals surface area contributed by atoms with E-state index >= 15 is 0 Å². The quantitative estimate of drug-likeness (QED) is 0.230. The number of aryl methyl sites for hydroxylation is 2. The smallest absolute Gasteiger partial charge is 0.302 e. The lowest BCUT2D eigenvalue weighted by molar-refractivity contribution is -0.177. The van der Waals surface area contributed by atoms with Gasteiger partial charge in [0, 0.05) is 20.5 Å². The Hall–Kier alpha value is -1.92. The molecule has 0 aromatic heterocycles. The van der Waals surface area contributed by atoms with Crippen molar-refractivity contribution in [1.82, 2.24) is 5.32 Å². The number of ether oxygens (including phenoxy) is 2. The molecular weight excluding hydrogens is 394 g/mol. The van der Waals surface area contributed by atoms with Crippen LogP contribution in [-0.2, 0) is 31.9 Å². The minimum atomic E-state index is -1.28. The van der Waals surface area contributed by atoms with Crippen LogP contribution >= 0.6 is 0 Å². The monoisotopic (exact) mass is 435 g/mol. The number of rotatable bonds is 16. The van der Waals surface area contributed by atoms with E-state index in [1.807, 2.05) is 0 Å². The minimum absolute atomic E-state index is 0.154. The summed E-state index contributed by atoms with van der Waals surface area (Å²) in [7, 11) is 0. The molecule has 0 fully saturated rings. The first-order chi connectivity index (χ1) is 14.8. The van der Waals surface area contributed by atoms with E-state index < -0.39 is 17.8 Å². The molecule has 6 nitrogen and oxygen atoms in total. The number of carbonyl (C=O) groups is 2. The molecule has 0 radical (unpaired) electrons. The van der Waals surface area contributed by atoms with Crippen molar-refractivity contribution in [3.8, 4) is 0 Å². The number of hydrogen-bond donors (Lipinski definition) is 2. The number of amides is 1. The molecule has 2 atom stereocenters. The molecule has 176 valence electrons. The van der Waals surface area contributed by atoms with Crippen molar-refractivity contribution < 1.29 is 24.2 Å². The topological polar surface area (TPSA) is 84.9 Å². The van der Waals surface area contributed by atoms with E-state index in [0.717, 1.165) is 12.0 Å². The summed E-state index contributed by atoms with van der Waals surface area (Å²) in [4.78, 5) is 23.2. The number of aliphatic hydroxyl groups excluding tert-OH is 1. The number of nitrogens with one attached hydrogen (secondary N) is 1. The van der Waals surface area contributed by atoms with Crippen LogP contribution in [0, 0.1) is 0 Å². The van der Waals surface area contributed by atoms with E-state index in [1.165, 1.54) is 57.9 Å². The highest BCUT2D eigenvalue weighted by Gasteiger charge is 2.40. The fourth-order valence-corrected chi connectivity index (χ4v) is 3.68. The van der Waals surface area contributed by atoms with Gasteiger partial charge >= 0.3 is 5.97 Å². The SMILES string of the molecule is CCCCCCCCc1ccc(CCC(COC(C)=O)(NC(C)=O)C(O)OCC)cc1. The summed E-state index contributed by atoms with van der Waals surface area (Å²) in [6, 6.07) is 8.46. The van der Waals surface area contributed by atoms with Gasteiger partial charge in [-0.1, -0.05) is 63.3 Å². The normalized spacial score (nSPS) is 14.0. The standard InChI is InChI=1S/C25H41NO5/c1-5-7-8-9-10-11-12-22-13-15-23(16-14-22)17-18-25(26-20(3)27,19-31-21(4)28)24(29)30-6-2/h13-16,24,29H,5-12,17-19H2,1-4H3,(H,26,27). The Balaban J connectivity index is 2.72. The predicted molar refractivity (Wildman–Crippen MR) is 123 cm³/mol. The van der Waals surface area contributed by atoms with E-state index in [2.05, 4.69) is 36.5 Å². The molecule has 2 N–H and O–H groups in total. The van der Waals surface area contributed by atoms with E-state index in [4.69, 9.17) is 9.47 Å². The van der Waals surface area contributed by atoms with Gasteiger partial charge in [-0.3, -0.25) is 9.59 Å². The van der Waals surface area contributed by atoms with E-state index in [0.29, 0.717) is 12.8 Å². The Morgan fingerprint density at radius 1 is 0.968 bits per heavy atom. The molecule has 0 saturated heterocycles. The highest BCUT2D eigenvalue weighted by molar-refractivity contribution is 5.74. The van der Waals surface area contributed by atoms with Gasteiger partial charge in [0.25, 0.3) is 0 Å². The van der Waals surface area contributed by atoms with Crippen LogP contribution in [0.2, 0.25) is 0 Å². The third kappa shape index (κ3) is 10.8. The van der Waals surface area contributed by atoms with Crippen LogP contribution in [-0.4, -0.2) is 42.0 Å². The predicted octanol–water partition coefficient (Wildman–Crippen LogP) is 4.32. The fraction of sp³-hybridized carbons (Fsp3) is 0.680. The zero-order chi connectivity index (χ0) is 23.1. The van der Waals surface area contributed by atoms with Gasteiger partial charge in [-0.05, 0) is 43.7 Å². The first-order valence-electron chi connectivity index (χ1n) is 11.6. The lowest BCUT2D eigenvalue weighted by Gasteiger charge is -2.37. The summed E-state index contributed by atoms with van der Waals surface area (Å²) in [6.07, 6.45) is 8.47. The third-order valence-electron chi connectivity index (χ3n) is 5.46. The van der Waals surface area contributed by atoms with Crippen LogP contribution < -0.4 is 5.32 Å². The molecule has 0 aliphatic rings. The van der Waals surface area contributed by atoms with Crippen molar-refractivity contribution in [2.24, 2.45) is 0 Å². The summed E-state index contributed by atoms with van der Waals surface area (Å²) in [5.74, 6) is -0.794. The van der Waals surface area contributed by atoms with Crippen molar-refractivity contribution in [2.75, 3.05) is 13.2 Å². The van der Waals surface area contributed by atoms with E-state index in [1.54, 1.807) is 6.92 Å². The lowest BCUT2D eigenvalue weighted by atomic mass is 9.90. The molecule has 0 heterocycles. The molecule has 0 bridgehead atoms. The van der Waals surface area contributed by atoms with Crippen LogP contribution in [0.25, 0.3) is 0 Å². The van der Waals surface area contributed by atoms with Crippen LogP contribution in [0.1, 0.15) is 83.8 Å². The largest absolute Gasteiger partial charge is 0.463 e. The first-order valence-corrected chi connectivity index (χ1v) is 11.6. The Labute approximate surface area is 187 Å². The zero-order valence-corrected chi connectivity index (χ0v) is 19.7. The molecule has 0 aliphatic heterocycles. The maximum Gasteiger partial charge on any atom is 0.302 e. The number of aliphatic hydroxyl groups is 1. The van der Waals surface area contributed by atoms with Gasteiger partial charge in [0.1, 0.15) is 12.1 Å². The number of esters is 1. The third-order valence-corrected chi connectivity index (χ3v) is 5.46. The van der Waals surface area contributed by atoms with Crippen LogP contribution in [0.15, 0.2) is 24.3 Å². The summed E-state index contributed by atoms with van der Waals surface area (Å²) < 4.78 is 10.5. The molecule has 1 aromatic carbocycles. The van der Waals surface area contributed by atoms with Gasteiger partial charge in [0.2, 0.25) is 5.91 Å². The van der Waals surface area contributed by atoms with Crippen molar-refractivity contribution in [3.05, 3.63) is 35.4 Å². The highest BCUT2D eigenvalue weighted by Crippen LogP contribution is 2.22. The van der Waals surface area contributed by atoms with Gasteiger partial charge in [-0.2, -0.15) is 0 Å². The Morgan fingerprint density at radius 2 is 1.55 bits per heavy atom. The van der Waals surface area contributed by atoms with Crippen molar-refractivity contribution in [3.63, 3.8) is 0 Å². The number of carbonyl (C=O) groups excluding carboxylic acids is 2. The van der Waals surface area contributed by atoms with Crippen molar-refractivity contribution in [1.29, 1.82) is 0 Å². The van der Waals surface area contributed by atoms with Crippen molar-refractivity contribution >= 4 is 11.9 Å². The summed E-state index contributed by atoms with van der Waals surface area (Å²) in [6.45, 7) is 6.78. The summed E-state index contributed by atoms with van der Waals surface area (Å²) in [5.41, 5.74) is 1.21. The second kappa shape index (κ2) is 15.0. The van der Waals surface area contributed by atoms with Gasteiger partial charge in [0.15, 0.2) is 6.29 Å². The molecule has 1 rings (SSSR count). The second-order valence-electron chi connectivity index (χ2n) is 8.26. The molecule has 31 heavy (non-hydrogen) atoms. The molecular formula is C25H41NO5. The average Bonchev–Trinajstić information content (AvgIpc) is 2.73. The maximum absolute atomic E-state index is 11.8. The second-order valence-corrected chi connectivity index (χ2v) is 8.26. The molecule has 6 heteroatoms. The molecule has 2 unspecified atom stereocenters. The number of hydrogen-bond acceptors (Lipinski definition) is 5. The molecule has 0 spiro atoms. The molecule has 0 aliphatic carbocycles. The van der Waals surface area contributed by atoms with Gasteiger partial charge in [0.05, 0.1) is 0 Å². The van der Waals surface area contributed by atoms with Crippen molar-refractivity contribution in [2.45, 2.75) is 97.3 Å². The van der Waals surface area contributed by atoms with Crippen LogP contribution in [0.5, 0.6) is 0 Å². The molecule has 1 amide bonds. The zero-order valence-electron chi connectivity index (χ0n) is 19.7. The van der Waals surface area contributed by atoms with E-state index in [-0.39, 0.29) is 19.1 Å². The van der Waals surface area contributed by atoms with Gasteiger partial charge in [-0.15, -0.1) is 0 Å². The highest BCUT2D eigenvalue weighted by atomic mass is 16.6.